The number of nitrogens with one attached hydrogen (secondary N) is 1. The maximum Gasteiger partial charge on any atom is 0.242 e. The number of fused-ring (bicyclic) bond motifs is 1. The first-order valence-corrected chi connectivity index (χ1v) is 8.07. The van der Waals surface area contributed by atoms with E-state index in [1.807, 2.05) is 0 Å². The van der Waals surface area contributed by atoms with Gasteiger partial charge in [0.1, 0.15) is 4.90 Å². The van der Waals surface area contributed by atoms with Crippen molar-refractivity contribution in [2.75, 3.05) is 0 Å². The summed E-state index contributed by atoms with van der Waals surface area (Å²) in [6.07, 6.45) is 8.84. The molecule has 0 radical (unpaired) electrons. The normalized spacial score (nSPS) is 31.4. The van der Waals surface area contributed by atoms with Gasteiger partial charge in [0.25, 0.3) is 0 Å². The van der Waals surface area contributed by atoms with Crippen molar-refractivity contribution in [2.24, 2.45) is 11.8 Å². The van der Waals surface area contributed by atoms with Crippen LogP contribution in [0.5, 0.6) is 0 Å². The minimum atomic E-state index is -3.39. The summed E-state index contributed by atoms with van der Waals surface area (Å²) in [6.45, 7) is 0. The van der Waals surface area contributed by atoms with Crippen LogP contribution in [-0.4, -0.2) is 19.4 Å². The van der Waals surface area contributed by atoms with Crippen molar-refractivity contribution in [3.05, 3.63) is 24.5 Å². The van der Waals surface area contributed by atoms with Crippen LogP contribution in [0.2, 0.25) is 0 Å². The highest BCUT2D eigenvalue weighted by molar-refractivity contribution is 7.89. The van der Waals surface area contributed by atoms with E-state index in [4.69, 9.17) is 0 Å². The summed E-state index contributed by atoms with van der Waals surface area (Å²) in [6, 6.07) is 3.38. The van der Waals surface area contributed by atoms with E-state index in [9.17, 15) is 8.42 Å². The Labute approximate surface area is 108 Å². The zero-order chi connectivity index (χ0) is 12.6. The first kappa shape index (κ1) is 12.1. The van der Waals surface area contributed by atoms with E-state index in [-0.39, 0.29) is 10.9 Å². The van der Waals surface area contributed by atoms with Gasteiger partial charge in [-0.1, -0.05) is 12.8 Å². The second-order valence-corrected chi connectivity index (χ2v) is 7.06. The molecule has 1 heterocycles. The zero-order valence-electron chi connectivity index (χ0n) is 10.2. The Bertz CT molecular complexity index is 515. The predicted molar refractivity (Wildman–Crippen MR) is 68.4 cm³/mol. The molecule has 0 bridgehead atoms. The number of sulfonamides is 1. The molecule has 18 heavy (non-hydrogen) atoms. The number of rotatable bonds is 3. The van der Waals surface area contributed by atoms with Gasteiger partial charge in [0.15, 0.2) is 0 Å². The van der Waals surface area contributed by atoms with Crippen molar-refractivity contribution < 1.29 is 8.42 Å². The second kappa shape index (κ2) is 4.63. The van der Waals surface area contributed by atoms with E-state index < -0.39 is 10.0 Å². The maximum atomic E-state index is 12.2. The van der Waals surface area contributed by atoms with E-state index in [2.05, 4.69) is 9.71 Å². The van der Waals surface area contributed by atoms with Crippen LogP contribution in [0.25, 0.3) is 0 Å². The van der Waals surface area contributed by atoms with Crippen molar-refractivity contribution in [1.82, 2.24) is 9.71 Å². The van der Waals surface area contributed by atoms with Crippen molar-refractivity contribution in [2.45, 2.75) is 43.0 Å². The van der Waals surface area contributed by atoms with E-state index in [1.165, 1.54) is 31.9 Å². The van der Waals surface area contributed by atoms with Gasteiger partial charge in [-0.2, -0.15) is 0 Å². The van der Waals surface area contributed by atoms with Gasteiger partial charge in [-0.25, -0.2) is 13.1 Å². The van der Waals surface area contributed by atoms with Gasteiger partial charge in [-0.3, -0.25) is 4.98 Å². The summed E-state index contributed by atoms with van der Waals surface area (Å²) in [7, 11) is -3.39. The average molecular weight is 266 g/mol. The van der Waals surface area contributed by atoms with Crippen LogP contribution in [0.4, 0.5) is 0 Å². The fraction of sp³-hybridized carbons (Fsp3) is 0.615. The second-order valence-electron chi connectivity index (χ2n) is 5.35. The Morgan fingerprint density at radius 3 is 2.89 bits per heavy atom. The lowest BCUT2D eigenvalue weighted by atomic mass is 9.98. The molecule has 2 aliphatic carbocycles. The first-order chi connectivity index (χ1) is 8.67. The van der Waals surface area contributed by atoms with E-state index in [0.29, 0.717) is 5.92 Å². The third kappa shape index (κ3) is 2.17. The molecule has 3 atom stereocenters. The molecule has 0 unspecified atom stereocenters. The molecule has 4 nitrogen and oxygen atoms in total. The molecule has 1 N–H and O–H groups in total. The number of pyridine rings is 1. The highest BCUT2D eigenvalue weighted by atomic mass is 32.2. The molecule has 0 aromatic carbocycles. The minimum Gasteiger partial charge on any atom is -0.263 e. The Kier molecular flexibility index (Phi) is 3.11. The lowest BCUT2D eigenvalue weighted by molar-refractivity contribution is 0.400. The van der Waals surface area contributed by atoms with Gasteiger partial charge in [0.05, 0.1) is 0 Å². The Morgan fingerprint density at radius 1 is 1.22 bits per heavy atom. The third-order valence-electron chi connectivity index (χ3n) is 4.33. The highest BCUT2D eigenvalue weighted by Crippen LogP contribution is 2.44. The molecule has 0 saturated heterocycles. The van der Waals surface area contributed by atoms with E-state index in [0.717, 1.165) is 12.3 Å². The molecule has 1 aromatic heterocycles. The lowest BCUT2D eigenvalue weighted by Gasteiger charge is -2.19. The number of aromatic nitrogens is 1. The van der Waals surface area contributed by atoms with Gasteiger partial charge in [-0.15, -0.1) is 0 Å². The molecular weight excluding hydrogens is 248 g/mol. The fourth-order valence-corrected chi connectivity index (χ4v) is 4.77. The van der Waals surface area contributed by atoms with Crippen molar-refractivity contribution >= 4 is 10.0 Å². The van der Waals surface area contributed by atoms with Crippen LogP contribution < -0.4 is 4.72 Å². The molecule has 98 valence electrons. The fourth-order valence-electron chi connectivity index (χ4n) is 3.48. The summed E-state index contributed by atoms with van der Waals surface area (Å²) < 4.78 is 27.3. The number of hydrogen-bond donors (Lipinski definition) is 1. The molecule has 2 fully saturated rings. The van der Waals surface area contributed by atoms with Crippen LogP contribution in [0.3, 0.4) is 0 Å². The molecule has 2 saturated carbocycles. The maximum absolute atomic E-state index is 12.2. The third-order valence-corrected chi connectivity index (χ3v) is 5.81. The minimum absolute atomic E-state index is 0.128. The SMILES string of the molecule is O=S(=O)(N[C@@H]1CC[C@H]2CCC[C@H]21)c1cccnc1. The van der Waals surface area contributed by atoms with Gasteiger partial charge in [-0.05, 0) is 43.2 Å². The smallest absolute Gasteiger partial charge is 0.242 e. The molecule has 3 rings (SSSR count). The molecule has 1 aromatic rings. The van der Waals surface area contributed by atoms with Crippen LogP contribution >= 0.6 is 0 Å². The zero-order valence-corrected chi connectivity index (χ0v) is 11.1. The monoisotopic (exact) mass is 266 g/mol. The quantitative estimate of drug-likeness (QED) is 0.909. The van der Waals surface area contributed by atoms with Gasteiger partial charge in [0, 0.05) is 18.4 Å². The average Bonchev–Trinajstić information content (AvgIpc) is 2.95. The summed E-state index contributed by atoms with van der Waals surface area (Å²) in [5.74, 6) is 1.29. The highest BCUT2D eigenvalue weighted by Gasteiger charge is 2.40. The van der Waals surface area contributed by atoms with Gasteiger partial charge < -0.3 is 0 Å². The molecule has 0 amide bonds. The lowest BCUT2D eigenvalue weighted by Crippen LogP contribution is -2.37. The topological polar surface area (TPSA) is 59.1 Å². The van der Waals surface area contributed by atoms with Crippen LogP contribution in [-0.2, 0) is 10.0 Å². The standard InChI is InChI=1S/C13H18N2O2S/c16-18(17,11-4-2-8-14-9-11)15-13-7-6-10-3-1-5-12(10)13/h2,4,8-10,12-13,15H,1,3,5-7H2/t10-,12-,13-/m1/s1. The number of hydrogen-bond acceptors (Lipinski definition) is 3. The van der Waals surface area contributed by atoms with Gasteiger partial charge >= 0.3 is 0 Å². The van der Waals surface area contributed by atoms with E-state index >= 15 is 0 Å². The van der Waals surface area contributed by atoms with Gasteiger partial charge in [0.2, 0.25) is 10.0 Å². The molecule has 5 heteroatoms. The summed E-state index contributed by atoms with van der Waals surface area (Å²) >= 11 is 0. The number of nitrogens with zero attached hydrogens (tertiary/aromatic N) is 1. The Morgan fingerprint density at radius 2 is 2.11 bits per heavy atom. The van der Waals surface area contributed by atoms with Crippen LogP contribution in [0.15, 0.2) is 29.4 Å². The van der Waals surface area contributed by atoms with Crippen molar-refractivity contribution in [3.63, 3.8) is 0 Å². The summed E-state index contributed by atoms with van der Waals surface area (Å²) in [4.78, 5) is 4.14. The van der Waals surface area contributed by atoms with Crippen molar-refractivity contribution in [1.29, 1.82) is 0 Å². The van der Waals surface area contributed by atoms with Crippen molar-refractivity contribution in [3.8, 4) is 0 Å². The molecule has 0 spiro atoms. The van der Waals surface area contributed by atoms with Crippen LogP contribution in [0.1, 0.15) is 32.1 Å². The molecular formula is C13H18N2O2S. The summed E-state index contributed by atoms with van der Waals surface area (Å²) in [5, 5.41) is 0. The Balaban J connectivity index is 1.77. The molecule has 2 aliphatic rings. The van der Waals surface area contributed by atoms with E-state index in [1.54, 1.807) is 18.3 Å². The summed E-state index contributed by atoms with van der Waals surface area (Å²) in [5.41, 5.74) is 0. The van der Waals surface area contributed by atoms with Crippen LogP contribution in [0, 0.1) is 11.8 Å². The predicted octanol–water partition coefficient (Wildman–Crippen LogP) is 1.94. The Hall–Kier alpha value is -0.940. The molecule has 0 aliphatic heterocycles. The first-order valence-electron chi connectivity index (χ1n) is 6.59. The largest absolute Gasteiger partial charge is 0.263 e.